The Morgan fingerprint density at radius 2 is 2.18 bits per heavy atom. The zero-order valence-corrected chi connectivity index (χ0v) is 23.4. The molecule has 1 amide bonds. The zero-order valence-electron chi connectivity index (χ0n) is 21.7. The van der Waals surface area contributed by atoms with Crippen LogP contribution in [-0.2, 0) is 32.4 Å². The summed E-state index contributed by atoms with van der Waals surface area (Å²) in [6, 6.07) is 0. The van der Waals surface area contributed by atoms with Gasteiger partial charge >= 0.3 is 13.9 Å². The predicted octanol–water partition coefficient (Wildman–Crippen LogP) is 2.31. The first kappa shape index (κ1) is 29.4. The van der Waals surface area contributed by atoms with E-state index < -0.39 is 49.3 Å². The van der Waals surface area contributed by atoms with Gasteiger partial charge in [-0.2, -0.15) is 9.97 Å². The number of rotatable bonds is 9. The number of fused-ring (bicyclic) bond motifs is 2. The Morgan fingerprint density at radius 1 is 1.44 bits per heavy atom. The normalized spacial score (nSPS) is 28.8. The monoisotopic (exact) mass is 592 g/mol. The first-order valence-corrected chi connectivity index (χ1v) is 14.4. The molecule has 2 fully saturated rings. The van der Waals surface area contributed by atoms with Crippen molar-refractivity contribution >= 4 is 47.9 Å². The number of nitrogens with zero attached hydrogens (tertiary/aromatic N) is 4. The lowest BCUT2D eigenvalue weighted by Gasteiger charge is -2.33. The number of hydrogen-bond acceptors (Lipinski definition) is 14. The SMILES string of the molecule is CCOC(=O)NCC(C)(C)C(=O)SCCO[P@]1(=O)OC[C@H]2O[C@@H](n3cnc4c(O)nc(N)nc43)[C@](C)(F)[C@@H]2O1. The first-order chi connectivity index (χ1) is 18.3. The number of ether oxygens (including phenoxy) is 2. The number of imidazole rings is 1. The van der Waals surface area contributed by atoms with E-state index in [1.165, 1.54) is 17.8 Å². The summed E-state index contributed by atoms with van der Waals surface area (Å²) in [5, 5.41) is 12.3. The van der Waals surface area contributed by atoms with Gasteiger partial charge in [0.25, 0.3) is 0 Å². The van der Waals surface area contributed by atoms with Crippen LogP contribution in [0.2, 0.25) is 0 Å². The lowest BCUT2D eigenvalue weighted by Crippen LogP contribution is -2.44. The lowest BCUT2D eigenvalue weighted by molar-refractivity contribution is -0.117. The summed E-state index contributed by atoms with van der Waals surface area (Å²) in [5.74, 6) is -0.616. The number of halogens is 1. The third-order valence-electron chi connectivity index (χ3n) is 6.06. The molecule has 0 saturated carbocycles. The van der Waals surface area contributed by atoms with Gasteiger partial charge in [-0.3, -0.25) is 22.9 Å². The molecule has 0 radical (unpaired) electrons. The van der Waals surface area contributed by atoms with Crippen LogP contribution in [0.15, 0.2) is 6.33 Å². The Kier molecular flexibility index (Phi) is 8.40. The number of phosphoric acid groups is 1. The third-order valence-corrected chi connectivity index (χ3v) is 8.70. The number of carbonyl (C=O) groups excluding carboxylic acids is 2. The van der Waals surface area contributed by atoms with Crippen molar-refractivity contribution in [1.29, 1.82) is 0 Å². The zero-order chi connectivity index (χ0) is 28.6. The number of aromatic nitrogens is 4. The van der Waals surface area contributed by atoms with Crippen LogP contribution in [0.5, 0.6) is 5.88 Å². The van der Waals surface area contributed by atoms with E-state index >= 15 is 4.39 Å². The smallest absolute Gasteiger partial charge is 0.475 e. The molecular weight excluding hydrogens is 562 g/mol. The van der Waals surface area contributed by atoms with Crippen LogP contribution in [0.4, 0.5) is 15.1 Å². The maximum atomic E-state index is 16.1. The second kappa shape index (κ2) is 11.1. The largest absolute Gasteiger partial charge is 0.492 e. The number of amides is 1. The number of phosphoric ester groups is 1. The molecule has 0 aliphatic carbocycles. The summed E-state index contributed by atoms with van der Waals surface area (Å²) in [5.41, 5.74) is 2.49. The quantitative estimate of drug-likeness (QED) is 0.283. The Hall–Kier alpha value is -2.56. The van der Waals surface area contributed by atoms with E-state index in [-0.39, 0.29) is 54.3 Å². The summed E-state index contributed by atoms with van der Waals surface area (Å²) in [7, 11) is -4.19. The fraction of sp³-hybridized carbons (Fsp3) is 0.667. The molecule has 2 aromatic rings. The van der Waals surface area contributed by atoms with E-state index in [4.69, 9.17) is 28.8 Å². The third kappa shape index (κ3) is 6.12. The number of thioether (sulfide) groups is 1. The number of nitrogens with two attached hydrogens (primary N) is 1. The van der Waals surface area contributed by atoms with E-state index in [1.54, 1.807) is 20.8 Å². The second-order valence-corrected chi connectivity index (χ2v) is 12.3. The van der Waals surface area contributed by atoms with E-state index in [0.717, 1.165) is 11.8 Å². The van der Waals surface area contributed by atoms with Crippen molar-refractivity contribution in [2.45, 2.75) is 51.8 Å². The van der Waals surface area contributed by atoms with Gasteiger partial charge in [0.2, 0.25) is 11.8 Å². The fourth-order valence-electron chi connectivity index (χ4n) is 4.03. The highest BCUT2D eigenvalue weighted by atomic mass is 32.2. The van der Waals surface area contributed by atoms with Crippen molar-refractivity contribution in [3.05, 3.63) is 6.33 Å². The van der Waals surface area contributed by atoms with E-state index in [9.17, 15) is 19.3 Å². The predicted molar refractivity (Wildman–Crippen MR) is 135 cm³/mol. The average Bonchev–Trinajstić information content (AvgIpc) is 3.38. The molecule has 39 heavy (non-hydrogen) atoms. The van der Waals surface area contributed by atoms with Gasteiger partial charge in [0.05, 0.1) is 31.6 Å². The molecule has 2 aromatic heterocycles. The molecule has 0 aromatic carbocycles. The highest BCUT2D eigenvalue weighted by Gasteiger charge is 2.61. The molecule has 2 saturated heterocycles. The van der Waals surface area contributed by atoms with Gasteiger partial charge in [-0.05, 0) is 13.8 Å². The molecule has 0 bridgehead atoms. The fourth-order valence-corrected chi connectivity index (χ4v) is 6.43. The molecule has 4 heterocycles. The summed E-state index contributed by atoms with van der Waals surface area (Å²) < 4.78 is 57.1. The molecule has 0 unspecified atom stereocenters. The molecular formula is C21H30FN6O9PS. The van der Waals surface area contributed by atoms with Crippen LogP contribution < -0.4 is 11.1 Å². The van der Waals surface area contributed by atoms with E-state index in [2.05, 4.69) is 20.3 Å². The minimum absolute atomic E-state index is 0.00320. The number of nitrogens with one attached hydrogen (secondary N) is 1. The van der Waals surface area contributed by atoms with Crippen molar-refractivity contribution in [2.75, 3.05) is 37.9 Å². The Bertz CT molecular complexity index is 1290. The molecule has 18 heteroatoms. The maximum absolute atomic E-state index is 16.1. The van der Waals surface area contributed by atoms with Crippen molar-refractivity contribution < 1.29 is 46.7 Å². The van der Waals surface area contributed by atoms with Gasteiger partial charge in [0.15, 0.2) is 28.2 Å². The molecule has 2 aliphatic rings. The number of aromatic hydroxyl groups is 1. The molecule has 2 aliphatic heterocycles. The number of anilines is 1. The molecule has 15 nitrogen and oxygen atoms in total. The van der Waals surface area contributed by atoms with Gasteiger partial charge in [-0.15, -0.1) is 0 Å². The van der Waals surface area contributed by atoms with Gasteiger partial charge in [-0.25, -0.2) is 18.7 Å². The number of alkyl halides is 1. The molecule has 216 valence electrons. The summed E-state index contributed by atoms with van der Waals surface area (Å²) in [4.78, 5) is 35.7. The number of hydrogen-bond donors (Lipinski definition) is 3. The van der Waals surface area contributed by atoms with Crippen LogP contribution >= 0.6 is 19.6 Å². The summed E-state index contributed by atoms with van der Waals surface area (Å²) in [6.07, 6.45) is -3.02. The van der Waals surface area contributed by atoms with Crippen molar-refractivity contribution in [2.24, 2.45) is 5.41 Å². The van der Waals surface area contributed by atoms with Gasteiger partial charge in [0, 0.05) is 12.3 Å². The minimum atomic E-state index is -4.19. The van der Waals surface area contributed by atoms with Crippen LogP contribution in [0, 0.1) is 5.41 Å². The van der Waals surface area contributed by atoms with Crippen LogP contribution in [0.3, 0.4) is 0 Å². The van der Waals surface area contributed by atoms with Crippen molar-refractivity contribution in [3.8, 4) is 5.88 Å². The van der Waals surface area contributed by atoms with Crippen LogP contribution in [0.1, 0.15) is 33.9 Å². The topological polar surface area (TPSA) is 199 Å². The summed E-state index contributed by atoms with van der Waals surface area (Å²) >= 11 is 0.917. The van der Waals surface area contributed by atoms with Crippen LogP contribution in [0.25, 0.3) is 11.2 Å². The van der Waals surface area contributed by atoms with Gasteiger partial charge < -0.3 is 25.6 Å². The number of nitrogen functional groups attached to an aromatic ring is 1. The average molecular weight is 593 g/mol. The Balaban J connectivity index is 1.34. The molecule has 5 atom stereocenters. The number of carbonyl (C=O) groups is 2. The van der Waals surface area contributed by atoms with Crippen molar-refractivity contribution in [1.82, 2.24) is 24.8 Å². The molecule has 4 N–H and O–H groups in total. The highest BCUT2D eigenvalue weighted by molar-refractivity contribution is 8.13. The molecule has 0 spiro atoms. The lowest BCUT2D eigenvalue weighted by atomic mass is 9.96. The maximum Gasteiger partial charge on any atom is 0.475 e. The highest BCUT2D eigenvalue weighted by Crippen LogP contribution is 2.59. The first-order valence-electron chi connectivity index (χ1n) is 12.0. The standard InChI is InChI=1S/C21H30FN6O9PS/c1-5-33-19(31)24-9-20(2,3)17(30)39-7-6-34-38(32)35-8-11-13(37-38)21(4,22)16(36-11)28-10-25-12-14(28)26-18(23)27-15(12)29/h10-11,13,16H,5-9H2,1-4H3,(H,24,31)(H3,23,26,27,29)/t11-,13-,16-,21-,38-/m1/s1. The Labute approximate surface area is 226 Å². The minimum Gasteiger partial charge on any atom is -0.492 e. The second-order valence-electron chi connectivity index (χ2n) is 9.60. The van der Waals surface area contributed by atoms with Gasteiger partial charge in [-0.1, -0.05) is 25.6 Å². The van der Waals surface area contributed by atoms with Crippen LogP contribution in [-0.4, -0.2) is 85.8 Å². The number of alkyl carbamates (subject to hydrolysis) is 1. The van der Waals surface area contributed by atoms with Crippen molar-refractivity contribution in [3.63, 3.8) is 0 Å². The van der Waals surface area contributed by atoms with E-state index in [0.29, 0.717) is 0 Å². The Morgan fingerprint density at radius 3 is 2.90 bits per heavy atom. The molecule has 4 rings (SSSR count). The summed E-state index contributed by atoms with van der Waals surface area (Å²) in [6.45, 7) is 5.99. The van der Waals surface area contributed by atoms with E-state index in [1.807, 2.05) is 0 Å². The van der Waals surface area contributed by atoms with Gasteiger partial charge in [0.1, 0.15) is 12.2 Å².